The second-order valence-electron chi connectivity index (χ2n) is 8.89. The van der Waals surface area contributed by atoms with Crippen molar-refractivity contribution in [2.75, 3.05) is 23.7 Å². The van der Waals surface area contributed by atoms with Gasteiger partial charge in [-0.3, -0.25) is 13.9 Å². The largest absolute Gasteiger partial charge is 0.417 e. The third-order valence-electron chi connectivity index (χ3n) is 5.34. The zero-order chi connectivity index (χ0) is 28.1. The molecular formula is C24H28BrClF3N3O4S. The molecule has 1 N–H and O–H groups in total. The second-order valence-corrected chi connectivity index (χ2v) is 12.1. The van der Waals surface area contributed by atoms with Gasteiger partial charge in [-0.25, -0.2) is 8.42 Å². The Morgan fingerprint density at radius 2 is 1.68 bits per heavy atom. The first-order chi connectivity index (χ1) is 17.0. The van der Waals surface area contributed by atoms with Crippen molar-refractivity contribution in [3.63, 3.8) is 0 Å². The number of nitrogens with zero attached hydrogens (tertiary/aromatic N) is 2. The summed E-state index contributed by atoms with van der Waals surface area (Å²) >= 11 is 9.00. The standard InChI is InChI=1S/C24H28BrClF3N3O4S/c1-15(2)12-30-23(34)16(3)31(13-17-5-7-18(25)8-6-17)22(33)14-32(37(4,35)36)19-9-10-21(26)20(11-19)24(27,28)29/h5-11,15-16H,12-14H2,1-4H3,(H,30,34)/t16-/m1/s1. The van der Waals surface area contributed by atoms with Crippen molar-refractivity contribution in [2.45, 2.75) is 39.5 Å². The highest BCUT2D eigenvalue weighted by molar-refractivity contribution is 9.10. The molecule has 2 aromatic rings. The van der Waals surface area contributed by atoms with Crippen molar-refractivity contribution in [3.8, 4) is 0 Å². The number of carbonyl (C=O) groups excluding carboxylic acids is 2. The van der Waals surface area contributed by atoms with Gasteiger partial charge in [0.1, 0.15) is 12.6 Å². The summed E-state index contributed by atoms with van der Waals surface area (Å²) in [6.45, 7) is 4.82. The summed E-state index contributed by atoms with van der Waals surface area (Å²) < 4.78 is 66.7. The van der Waals surface area contributed by atoms with Crippen molar-refractivity contribution in [1.29, 1.82) is 0 Å². The zero-order valence-corrected chi connectivity index (χ0v) is 23.8. The van der Waals surface area contributed by atoms with Gasteiger partial charge in [0, 0.05) is 17.6 Å². The maximum absolute atomic E-state index is 13.5. The molecule has 0 heterocycles. The lowest BCUT2D eigenvalue weighted by molar-refractivity contribution is -0.139. The van der Waals surface area contributed by atoms with Crippen LogP contribution in [0.25, 0.3) is 0 Å². The highest BCUT2D eigenvalue weighted by Gasteiger charge is 2.35. The van der Waals surface area contributed by atoms with Gasteiger partial charge >= 0.3 is 6.18 Å². The average molecular weight is 627 g/mol. The number of nitrogens with one attached hydrogen (secondary N) is 1. The summed E-state index contributed by atoms with van der Waals surface area (Å²) in [4.78, 5) is 27.5. The van der Waals surface area contributed by atoms with Crippen molar-refractivity contribution < 1.29 is 31.2 Å². The minimum absolute atomic E-state index is 0.0333. The Hall–Kier alpha value is -2.31. The molecule has 0 saturated heterocycles. The number of sulfonamides is 1. The van der Waals surface area contributed by atoms with Crippen LogP contribution in [0.5, 0.6) is 0 Å². The molecule has 0 saturated carbocycles. The molecule has 0 fully saturated rings. The van der Waals surface area contributed by atoms with Crippen molar-refractivity contribution in [1.82, 2.24) is 10.2 Å². The van der Waals surface area contributed by atoms with Gasteiger partial charge in [0.2, 0.25) is 21.8 Å². The molecule has 7 nitrogen and oxygen atoms in total. The predicted molar refractivity (Wildman–Crippen MR) is 141 cm³/mol. The average Bonchev–Trinajstić information content (AvgIpc) is 2.79. The number of rotatable bonds is 10. The molecule has 0 bridgehead atoms. The van der Waals surface area contributed by atoms with E-state index in [0.29, 0.717) is 22.5 Å². The number of carbonyl (C=O) groups is 2. The molecule has 0 unspecified atom stereocenters. The van der Waals surface area contributed by atoms with E-state index < -0.39 is 51.2 Å². The fraction of sp³-hybridized carbons (Fsp3) is 0.417. The van der Waals surface area contributed by atoms with E-state index in [1.807, 2.05) is 13.8 Å². The van der Waals surface area contributed by atoms with Gasteiger partial charge in [0.05, 0.1) is 22.5 Å². The molecule has 0 aliphatic heterocycles. The van der Waals surface area contributed by atoms with Gasteiger partial charge in [-0.2, -0.15) is 13.2 Å². The van der Waals surface area contributed by atoms with Crippen LogP contribution < -0.4 is 9.62 Å². The van der Waals surface area contributed by atoms with Crippen LogP contribution >= 0.6 is 27.5 Å². The topological polar surface area (TPSA) is 86.8 Å². The summed E-state index contributed by atoms with van der Waals surface area (Å²) in [5, 5.41) is 2.14. The van der Waals surface area contributed by atoms with Crippen LogP contribution in [0.3, 0.4) is 0 Å². The number of hydrogen-bond donors (Lipinski definition) is 1. The van der Waals surface area contributed by atoms with Crippen molar-refractivity contribution in [2.24, 2.45) is 5.92 Å². The molecule has 13 heteroatoms. The monoisotopic (exact) mass is 625 g/mol. The summed E-state index contributed by atoms with van der Waals surface area (Å²) in [7, 11) is -4.20. The van der Waals surface area contributed by atoms with E-state index in [2.05, 4.69) is 21.2 Å². The maximum atomic E-state index is 13.5. The summed E-state index contributed by atoms with van der Waals surface area (Å²) in [6.07, 6.45) is -4.06. The van der Waals surface area contributed by atoms with Crippen LogP contribution in [0.4, 0.5) is 18.9 Å². The predicted octanol–water partition coefficient (Wildman–Crippen LogP) is 5.08. The first-order valence-electron chi connectivity index (χ1n) is 11.2. The van der Waals surface area contributed by atoms with Gasteiger partial charge in [-0.15, -0.1) is 0 Å². The van der Waals surface area contributed by atoms with E-state index in [0.717, 1.165) is 22.9 Å². The maximum Gasteiger partial charge on any atom is 0.417 e. The quantitative estimate of drug-likeness (QED) is 0.399. The van der Waals surface area contributed by atoms with Crippen molar-refractivity contribution in [3.05, 3.63) is 63.1 Å². The Morgan fingerprint density at radius 3 is 2.19 bits per heavy atom. The van der Waals surface area contributed by atoms with Crippen LogP contribution in [0.15, 0.2) is 46.9 Å². The zero-order valence-electron chi connectivity index (χ0n) is 20.6. The molecule has 37 heavy (non-hydrogen) atoms. The van der Waals surface area contributed by atoms with Crippen LogP contribution in [-0.4, -0.2) is 50.5 Å². The third kappa shape index (κ3) is 8.89. The Balaban J connectivity index is 2.45. The molecule has 2 aromatic carbocycles. The van der Waals surface area contributed by atoms with Crippen molar-refractivity contribution >= 4 is 55.1 Å². The Labute approximate surface area is 228 Å². The number of hydrogen-bond acceptors (Lipinski definition) is 4. The van der Waals surface area contributed by atoms with Gasteiger partial charge in [-0.05, 0) is 48.7 Å². The highest BCUT2D eigenvalue weighted by atomic mass is 79.9. The van der Waals surface area contributed by atoms with E-state index in [4.69, 9.17) is 11.6 Å². The summed E-state index contributed by atoms with van der Waals surface area (Å²) in [5.41, 5.74) is -0.953. The number of halogens is 5. The lowest BCUT2D eigenvalue weighted by Gasteiger charge is -2.31. The van der Waals surface area contributed by atoms with Gasteiger partial charge < -0.3 is 10.2 Å². The highest BCUT2D eigenvalue weighted by Crippen LogP contribution is 2.37. The molecule has 204 valence electrons. The minimum Gasteiger partial charge on any atom is -0.354 e. The van der Waals surface area contributed by atoms with Crippen LogP contribution in [0.2, 0.25) is 5.02 Å². The molecule has 0 spiro atoms. The third-order valence-corrected chi connectivity index (χ3v) is 7.34. The molecule has 0 aromatic heterocycles. The number of amides is 2. The van der Waals surface area contributed by atoms with Gasteiger partial charge in [0.25, 0.3) is 0 Å². The van der Waals surface area contributed by atoms with E-state index in [1.165, 1.54) is 11.8 Å². The van der Waals surface area contributed by atoms with E-state index in [-0.39, 0.29) is 18.2 Å². The lowest BCUT2D eigenvalue weighted by atomic mass is 10.1. The van der Waals surface area contributed by atoms with Crippen LogP contribution in [0, 0.1) is 5.92 Å². The Morgan fingerprint density at radius 1 is 1.08 bits per heavy atom. The lowest BCUT2D eigenvalue weighted by Crippen LogP contribution is -2.51. The first-order valence-corrected chi connectivity index (χ1v) is 14.2. The molecule has 0 radical (unpaired) electrons. The first kappa shape index (κ1) is 30.9. The van der Waals surface area contributed by atoms with E-state index >= 15 is 0 Å². The smallest absolute Gasteiger partial charge is 0.354 e. The van der Waals surface area contributed by atoms with E-state index in [1.54, 1.807) is 24.3 Å². The van der Waals surface area contributed by atoms with Gasteiger partial charge in [0.15, 0.2) is 0 Å². The fourth-order valence-electron chi connectivity index (χ4n) is 3.32. The number of benzene rings is 2. The molecule has 2 rings (SSSR count). The summed E-state index contributed by atoms with van der Waals surface area (Å²) in [6, 6.07) is 8.54. The Bertz CT molecular complexity index is 1220. The summed E-state index contributed by atoms with van der Waals surface area (Å²) in [5.74, 6) is -1.07. The normalized spacial score (nSPS) is 12.8. The van der Waals surface area contributed by atoms with Crippen LogP contribution in [0.1, 0.15) is 31.9 Å². The molecule has 2 amide bonds. The SMILES string of the molecule is CC(C)CNC(=O)[C@@H](C)N(Cc1ccc(Br)cc1)C(=O)CN(c1ccc(Cl)c(C(F)(F)F)c1)S(C)(=O)=O. The molecule has 0 aliphatic rings. The fourth-order valence-corrected chi connectivity index (χ4v) is 4.65. The number of alkyl halides is 3. The van der Waals surface area contributed by atoms with Gasteiger partial charge in [-0.1, -0.05) is 53.5 Å². The van der Waals surface area contributed by atoms with E-state index in [9.17, 15) is 31.2 Å². The Kier molecular flexibility index (Phi) is 10.4. The van der Waals surface area contributed by atoms with Crippen LogP contribution in [-0.2, 0) is 32.3 Å². The minimum atomic E-state index is -4.84. The molecule has 1 atom stereocenters. The second kappa shape index (κ2) is 12.5. The number of anilines is 1. The molecular weight excluding hydrogens is 599 g/mol. The molecule has 0 aliphatic carbocycles.